The normalized spacial score (nSPS) is 13.9. The molecular formula is C16H17N5OS2. The van der Waals surface area contributed by atoms with E-state index in [4.69, 9.17) is 10.7 Å². The van der Waals surface area contributed by atoms with E-state index in [0.29, 0.717) is 15.7 Å². The average molecular weight is 359 g/mol. The number of nitrogen functional groups attached to an aromatic ring is 1. The highest BCUT2D eigenvalue weighted by molar-refractivity contribution is 7.21. The molecule has 1 aliphatic carbocycles. The highest BCUT2D eigenvalue weighted by Crippen LogP contribution is 2.36. The van der Waals surface area contributed by atoms with Gasteiger partial charge in [-0.05, 0) is 43.7 Å². The average Bonchev–Trinajstić information content (AvgIpc) is 3.17. The minimum absolute atomic E-state index is 0.243. The molecule has 0 atom stereocenters. The fraction of sp³-hybridized carbons (Fsp3) is 0.375. The van der Waals surface area contributed by atoms with Crippen LogP contribution in [0, 0.1) is 0 Å². The van der Waals surface area contributed by atoms with Crippen molar-refractivity contribution in [1.82, 2.24) is 15.2 Å². The Kier molecular flexibility index (Phi) is 3.93. The van der Waals surface area contributed by atoms with Crippen molar-refractivity contribution in [2.45, 2.75) is 39.0 Å². The zero-order valence-electron chi connectivity index (χ0n) is 13.3. The second kappa shape index (κ2) is 6.10. The van der Waals surface area contributed by atoms with E-state index >= 15 is 0 Å². The summed E-state index contributed by atoms with van der Waals surface area (Å²) in [6.45, 7) is 2.00. The molecule has 24 heavy (non-hydrogen) atoms. The standard InChI is InChI=1S/C16H17N5OS2/c1-2-11-20-21-16(23-11)19-14(22)13-12(17)9-7-8-5-3-4-6-10(8)18-15(9)24-13/h7H,2-6,17H2,1H3,(H,19,21,22). The third-order valence-electron chi connectivity index (χ3n) is 4.20. The molecule has 0 saturated carbocycles. The van der Waals surface area contributed by atoms with Gasteiger partial charge in [-0.3, -0.25) is 10.1 Å². The summed E-state index contributed by atoms with van der Waals surface area (Å²) in [4.78, 5) is 18.6. The third-order valence-corrected chi connectivity index (χ3v) is 6.29. The molecule has 3 aromatic heterocycles. The molecule has 3 N–H and O–H groups in total. The van der Waals surface area contributed by atoms with E-state index in [0.717, 1.165) is 40.2 Å². The van der Waals surface area contributed by atoms with Crippen molar-refractivity contribution in [2.24, 2.45) is 0 Å². The van der Waals surface area contributed by atoms with Gasteiger partial charge in [0.25, 0.3) is 5.91 Å². The van der Waals surface area contributed by atoms with Crippen LogP contribution in [0.2, 0.25) is 0 Å². The predicted molar refractivity (Wildman–Crippen MR) is 97.9 cm³/mol. The molecule has 1 amide bonds. The van der Waals surface area contributed by atoms with Gasteiger partial charge in [0.15, 0.2) is 0 Å². The number of thiophene rings is 1. The summed E-state index contributed by atoms with van der Waals surface area (Å²) in [6.07, 6.45) is 5.22. The number of aryl methyl sites for hydroxylation is 3. The fourth-order valence-corrected chi connectivity index (χ4v) is 4.60. The number of carbonyl (C=O) groups excluding carboxylic acids is 1. The minimum atomic E-state index is -0.243. The number of fused-ring (bicyclic) bond motifs is 2. The Balaban J connectivity index is 1.68. The zero-order chi connectivity index (χ0) is 16.7. The summed E-state index contributed by atoms with van der Waals surface area (Å²) in [5.74, 6) is -0.243. The number of nitrogens with zero attached hydrogens (tertiary/aromatic N) is 3. The lowest BCUT2D eigenvalue weighted by molar-refractivity contribution is 0.103. The number of pyridine rings is 1. The second-order valence-corrected chi connectivity index (χ2v) is 7.87. The van der Waals surface area contributed by atoms with E-state index in [2.05, 4.69) is 21.6 Å². The largest absolute Gasteiger partial charge is 0.397 e. The molecule has 0 saturated heterocycles. The monoisotopic (exact) mass is 359 g/mol. The van der Waals surface area contributed by atoms with Crippen molar-refractivity contribution >= 4 is 49.6 Å². The van der Waals surface area contributed by atoms with Crippen LogP contribution in [-0.2, 0) is 19.3 Å². The smallest absolute Gasteiger partial charge is 0.269 e. The number of nitrogens with two attached hydrogens (primary N) is 1. The van der Waals surface area contributed by atoms with Gasteiger partial charge in [-0.2, -0.15) is 0 Å². The van der Waals surface area contributed by atoms with Crippen molar-refractivity contribution < 1.29 is 4.79 Å². The topological polar surface area (TPSA) is 93.8 Å². The van der Waals surface area contributed by atoms with Crippen molar-refractivity contribution in [1.29, 1.82) is 0 Å². The van der Waals surface area contributed by atoms with Crippen molar-refractivity contribution in [2.75, 3.05) is 11.1 Å². The highest BCUT2D eigenvalue weighted by atomic mass is 32.1. The number of amides is 1. The summed E-state index contributed by atoms with van der Waals surface area (Å²) in [7, 11) is 0. The van der Waals surface area contributed by atoms with Gasteiger partial charge in [-0.1, -0.05) is 18.3 Å². The molecule has 0 fully saturated rings. The predicted octanol–water partition coefficient (Wildman–Crippen LogP) is 3.42. The summed E-state index contributed by atoms with van der Waals surface area (Å²) < 4.78 is 0. The minimum Gasteiger partial charge on any atom is -0.397 e. The van der Waals surface area contributed by atoms with Crippen molar-refractivity contribution in [3.63, 3.8) is 0 Å². The first kappa shape index (κ1) is 15.5. The number of aromatic nitrogens is 3. The summed E-state index contributed by atoms with van der Waals surface area (Å²) >= 11 is 2.73. The lowest BCUT2D eigenvalue weighted by Crippen LogP contribution is -2.11. The fourth-order valence-electron chi connectivity index (χ4n) is 2.93. The maximum absolute atomic E-state index is 12.6. The van der Waals surface area contributed by atoms with Crippen LogP contribution in [0.1, 0.15) is 45.7 Å². The number of hydrogen-bond acceptors (Lipinski definition) is 7. The van der Waals surface area contributed by atoms with Gasteiger partial charge >= 0.3 is 0 Å². The zero-order valence-corrected chi connectivity index (χ0v) is 14.9. The van der Waals surface area contributed by atoms with Gasteiger partial charge in [0, 0.05) is 11.1 Å². The molecule has 124 valence electrons. The van der Waals surface area contributed by atoms with E-state index in [-0.39, 0.29) is 5.91 Å². The van der Waals surface area contributed by atoms with Gasteiger partial charge in [0.05, 0.1) is 5.69 Å². The maximum Gasteiger partial charge on any atom is 0.269 e. The van der Waals surface area contributed by atoms with Crippen LogP contribution in [0.3, 0.4) is 0 Å². The second-order valence-electron chi connectivity index (χ2n) is 5.81. The Morgan fingerprint density at radius 3 is 2.92 bits per heavy atom. The number of anilines is 2. The molecule has 8 heteroatoms. The Hall–Kier alpha value is -2.06. The van der Waals surface area contributed by atoms with Crippen LogP contribution in [0.15, 0.2) is 6.07 Å². The van der Waals surface area contributed by atoms with Crippen molar-refractivity contribution in [3.8, 4) is 0 Å². The SMILES string of the molecule is CCc1nnc(NC(=O)c2sc3nc4c(cc3c2N)CCCC4)s1. The molecule has 0 aromatic carbocycles. The van der Waals surface area contributed by atoms with E-state index in [1.165, 1.54) is 41.1 Å². The molecule has 4 rings (SSSR count). The molecule has 0 unspecified atom stereocenters. The number of rotatable bonds is 3. The molecule has 0 spiro atoms. The molecule has 0 aliphatic heterocycles. The Labute approximate surface area is 147 Å². The maximum atomic E-state index is 12.6. The molecular weight excluding hydrogens is 342 g/mol. The quantitative estimate of drug-likeness (QED) is 0.747. The molecule has 0 radical (unpaired) electrons. The van der Waals surface area contributed by atoms with Crippen LogP contribution < -0.4 is 11.1 Å². The molecule has 3 heterocycles. The summed E-state index contributed by atoms with van der Waals surface area (Å²) in [5.41, 5.74) is 9.16. The number of carbonyl (C=O) groups is 1. The third kappa shape index (κ3) is 2.65. The van der Waals surface area contributed by atoms with Crippen LogP contribution in [0.25, 0.3) is 10.2 Å². The van der Waals surface area contributed by atoms with E-state index in [1.54, 1.807) is 0 Å². The Morgan fingerprint density at radius 1 is 1.29 bits per heavy atom. The molecule has 3 aromatic rings. The lowest BCUT2D eigenvalue weighted by Gasteiger charge is -2.14. The van der Waals surface area contributed by atoms with E-state index < -0.39 is 0 Å². The number of nitrogens with one attached hydrogen (secondary N) is 1. The van der Waals surface area contributed by atoms with Crippen LogP contribution in [0.5, 0.6) is 0 Å². The highest BCUT2D eigenvalue weighted by Gasteiger charge is 2.21. The summed E-state index contributed by atoms with van der Waals surface area (Å²) in [6, 6.07) is 2.11. The summed E-state index contributed by atoms with van der Waals surface area (Å²) in [5, 5.41) is 13.1. The number of hydrogen-bond donors (Lipinski definition) is 2. The van der Waals surface area contributed by atoms with Crippen LogP contribution in [-0.4, -0.2) is 21.1 Å². The van der Waals surface area contributed by atoms with E-state index in [9.17, 15) is 4.79 Å². The first-order valence-corrected chi connectivity index (χ1v) is 9.63. The van der Waals surface area contributed by atoms with Gasteiger partial charge in [-0.15, -0.1) is 21.5 Å². The van der Waals surface area contributed by atoms with Gasteiger partial charge < -0.3 is 5.73 Å². The molecule has 6 nitrogen and oxygen atoms in total. The molecule has 1 aliphatic rings. The van der Waals surface area contributed by atoms with Crippen molar-refractivity contribution in [3.05, 3.63) is 27.2 Å². The van der Waals surface area contributed by atoms with Gasteiger partial charge in [0.1, 0.15) is 14.7 Å². The van der Waals surface area contributed by atoms with Crippen LogP contribution >= 0.6 is 22.7 Å². The lowest BCUT2D eigenvalue weighted by atomic mass is 9.95. The van der Waals surface area contributed by atoms with E-state index in [1.807, 2.05) is 6.92 Å². The first-order valence-electron chi connectivity index (χ1n) is 8.00. The first-order chi connectivity index (χ1) is 11.7. The molecule has 0 bridgehead atoms. The van der Waals surface area contributed by atoms with Gasteiger partial charge in [-0.25, -0.2) is 4.98 Å². The van der Waals surface area contributed by atoms with Gasteiger partial charge in [0.2, 0.25) is 5.13 Å². The Bertz CT molecular complexity index is 930. The van der Waals surface area contributed by atoms with Crippen LogP contribution in [0.4, 0.5) is 10.8 Å². The Morgan fingerprint density at radius 2 is 2.12 bits per heavy atom.